The molecule has 0 saturated heterocycles. The number of rotatable bonds is 2. The second-order valence-electron chi connectivity index (χ2n) is 5.23. The van der Waals surface area contributed by atoms with Gasteiger partial charge in [-0.1, -0.05) is 0 Å². The van der Waals surface area contributed by atoms with Crippen LogP contribution in [0.4, 0.5) is 13.2 Å². The largest absolute Gasteiger partial charge is 0.383 e. The highest BCUT2D eigenvalue weighted by atomic mass is 19.2. The molecule has 1 aliphatic carbocycles. The number of Topliss-reactive ketones (excluding diaryl/α,β-unsaturated/α-hetero) is 1. The molecule has 1 aromatic carbocycles. The number of allylic oxidation sites excluding steroid dienone is 1. The van der Waals surface area contributed by atoms with E-state index >= 15 is 0 Å². The van der Waals surface area contributed by atoms with Crippen molar-refractivity contribution in [3.8, 4) is 0 Å². The Balaban J connectivity index is 2.35. The van der Waals surface area contributed by atoms with Crippen LogP contribution in [-0.2, 0) is 4.79 Å². The van der Waals surface area contributed by atoms with Gasteiger partial charge in [-0.2, -0.15) is 0 Å². The summed E-state index contributed by atoms with van der Waals surface area (Å²) in [6.45, 7) is 0. The van der Waals surface area contributed by atoms with Crippen molar-refractivity contribution in [2.45, 2.75) is 25.2 Å². The van der Waals surface area contributed by atoms with E-state index in [1.54, 1.807) is 25.2 Å². The summed E-state index contributed by atoms with van der Waals surface area (Å²) in [7, 11) is 3.61. The van der Waals surface area contributed by atoms with Crippen LogP contribution in [0, 0.1) is 17.5 Å². The Morgan fingerprint density at radius 1 is 1.20 bits per heavy atom. The van der Waals surface area contributed by atoms with Gasteiger partial charge in [-0.3, -0.25) is 4.79 Å². The smallest absolute Gasteiger partial charge is 0.194 e. The van der Waals surface area contributed by atoms with Gasteiger partial charge >= 0.3 is 0 Å². The lowest BCUT2D eigenvalue weighted by molar-refractivity contribution is -0.118. The molecule has 1 aliphatic rings. The Kier molecular flexibility index (Phi) is 4.16. The Labute approximate surface area is 115 Å². The van der Waals surface area contributed by atoms with Crippen molar-refractivity contribution < 1.29 is 18.0 Å². The van der Waals surface area contributed by atoms with Crippen molar-refractivity contribution in [1.29, 1.82) is 0 Å². The van der Waals surface area contributed by atoms with E-state index in [-0.39, 0.29) is 11.3 Å². The predicted molar refractivity (Wildman–Crippen MR) is 69.7 cm³/mol. The predicted octanol–water partition coefficient (Wildman–Crippen LogP) is 3.39. The maximum absolute atomic E-state index is 13.3. The highest BCUT2D eigenvalue weighted by molar-refractivity contribution is 6.01. The molecule has 5 heteroatoms. The Hall–Kier alpha value is -1.78. The van der Waals surface area contributed by atoms with Crippen molar-refractivity contribution in [3.05, 3.63) is 46.9 Å². The summed E-state index contributed by atoms with van der Waals surface area (Å²) in [5.74, 6) is -4.75. The summed E-state index contributed by atoms with van der Waals surface area (Å²) in [5, 5.41) is 0. The molecule has 2 rings (SSSR count). The van der Waals surface area contributed by atoms with E-state index in [9.17, 15) is 18.0 Å². The van der Waals surface area contributed by atoms with Gasteiger partial charge in [0, 0.05) is 31.8 Å². The van der Waals surface area contributed by atoms with Crippen molar-refractivity contribution in [1.82, 2.24) is 4.90 Å². The summed E-state index contributed by atoms with van der Waals surface area (Å²) in [6, 6.07) is 1.83. The molecule has 0 aliphatic heterocycles. The topological polar surface area (TPSA) is 20.3 Å². The van der Waals surface area contributed by atoms with Crippen LogP contribution in [0.25, 0.3) is 0 Å². The van der Waals surface area contributed by atoms with E-state index in [2.05, 4.69) is 0 Å². The van der Waals surface area contributed by atoms with Crippen LogP contribution < -0.4 is 0 Å². The van der Waals surface area contributed by atoms with Crippen LogP contribution in [-0.4, -0.2) is 24.8 Å². The Morgan fingerprint density at radius 2 is 1.80 bits per heavy atom. The summed E-state index contributed by atoms with van der Waals surface area (Å²) in [4.78, 5) is 14.1. The highest BCUT2D eigenvalue weighted by Gasteiger charge is 2.29. The number of carbonyl (C=O) groups excluding carboxylic acids is 1. The Morgan fingerprint density at radius 3 is 2.35 bits per heavy atom. The van der Waals surface area contributed by atoms with E-state index in [1.165, 1.54) is 0 Å². The van der Waals surface area contributed by atoms with E-state index in [4.69, 9.17) is 0 Å². The monoisotopic (exact) mass is 283 g/mol. The minimum atomic E-state index is -1.50. The van der Waals surface area contributed by atoms with Gasteiger partial charge in [0.2, 0.25) is 0 Å². The van der Waals surface area contributed by atoms with Crippen LogP contribution in [0.3, 0.4) is 0 Å². The quantitative estimate of drug-likeness (QED) is 0.612. The molecule has 1 saturated carbocycles. The first-order valence-electron chi connectivity index (χ1n) is 6.46. The molecule has 2 nitrogen and oxygen atoms in total. The molecule has 0 spiro atoms. The van der Waals surface area contributed by atoms with Gasteiger partial charge in [0.05, 0.1) is 0 Å². The summed E-state index contributed by atoms with van der Waals surface area (Å²) >= 11 is 0. The fourth-order valence-corrected chi connectivity index (χ4v) is 2.51. The molecule has 0 bridgehead atoms. The zero-order valence-electron chi connectivity index (χ0n) is 11.4. The fourth-order valence-electron chi connectivity index (χ4n) is 2.51. The number of hydrogen-bond acceptors (Lipinski definition) is 2. The lowest BCUT2D eigenvalue weighted by Gasteiger charge is -2.24. The van der Waals surface area contributed by atoms with Crippen LogP contribution in [0.1, 0.15) is 30.7 Å². The maximum Gasteiger partial charge on any atom is 0.194 e. The molecule has 0 aromatic heterocycles. The molecule has 0 amide bonds. The van der Waals surface area contributed by atoms with Gasteiger partial charge in [-0.25, -0.2) is 13.2 Å². The van der Waals surface area contributed by atoms with Crippen molar-refractivity contribution in [2.24, 2.45) is 0 Å². The summed E-state index contributed by atoms with van der Waals surface area (Å²) < 4.78 is 39.5. The molecular formula is C15H16F3NO. The zero-order valence-corrected chi connectivity index (χ0v) is 11.4. The van der Waals surface area contributed by atoms with Crippen LogP contribution in [0.15, 0.2) is 23.9 Å². The minimum Gasteiger partial charge on any atom is -0.383 e. The minimum absolute atomic E-state index is 0.143. The molecule has 0 N–H and O–H groups in total. The molecular weight excluding hydrogens is 267 g/mol. The van der Waals surface area contributed by atoms with Crippen molar-refractivity contribution in [3.63, 3.8) is 0 Å². The number of halogens is 3. The highest BCUT2D eigenvalue weighted by Crippen LogP contribution is 2.34. The first-order valence-corrected chi connectivity index (χ1v) is 6.46. The molecule has 0 radical (unpaired) electrons. The first kappa shape index (κ1) is 14.6. The van der Waals surface area contributed by atoms with Gasteiger partial charge in [-0.15, -0.1) is 0 Å². The third-order valence-corrected chi connectivity index (χ3v) is 3.39. The SMILES string of the molecule is CN(C)/C=C1/CCCC(c2cc(F)c(F)c(F)c2)C1=O. The molecule has 1 aromatic rings. The summed E-state index contributed by atoms with van der Waals surface area (Å²) in [5.41, 5.74) is 0.840. The fraction of sp³-hybridized carbons (Fsp3) is 0.400. The number of hydrogen-bond donors (Lipinski definition) is 0. The number of carbonyl (C=O) groups is 1. The maximum atomic E-state index is 13.3. The lowest BCUT2D eigenvalue weighted by Crippen LogP contribution is -2.22. The van der Waals surface area contributed by atoms with E-state index < -0.39 is 23.4 Å². The third kappa shape index (κ3) is 2.86. The van der Waals surface area contributed by atoms with Crippen LogP contribution in [0.5, 0.6) is 0 Å². The van der Waals surface area contributed by atoms with Crippen LogP contribution in [0.2, 0.25) is 0 Å². The summed E-state index contributed by atoms with van der Waals surface area (Å²) in [6.07, 6.45) is 3.66. The molecule has 1 unspecified atom stereocenters. The van der Waals surface area contributed by atoms with Gasteiger partial charge in [0.15, 0.2) is 23.2 Å². The molecule has 1 atom stereocenters. The van der Waals surface area contributed by atoms with Crippen LogP contribution >= 0.6 is 0 Å². The van der Waals surface area contributed by atoms with Gasteiger partial charge in [0.1, 0.15) is 0 Å². The molecule has 0 heterocycles. The van der Waals surface area contributed by atoms with Crippen molar-refractivity contribution in [2.75, 3.05) is 14.1 Å². The first-order chi connectivity index (χ1) is 9.40. The van der Waals surface area contributed by atoms with E-state index in [0.29, 0.717) is 18.4 Å². The molecule has 108 valence electrons. The third-order valence-electron chi connectivity index (χ3n) is 3.39. The Bertz CT molecular complexity index is 543. The van der Waals surface area contributed by atoms with E-state index in [1.807, 2.05) is 0 Å². The van der Waals surface area contributed by atoms with Gasteiger partial charge in [-0.05, 0) is 37.0 Å². The van der Waals surface area contributed by atoms with Gasteiger partial charge in [0.25, 0.3) is 0 Å². The van der Waals surface area contributed by atoms with Gasteiger partial charge < -0.3 is 4.90 Å². The zero-order chi connectivity index (χ0) is 14.9. The molecule has 1 fully saturated rings. The number of ketones is 1. The lowest BCUT2D eigenvalue weighted by atomic mass is 9.80. The van der Waals surface area contributed by atoms with Crippen molar-refractivity contribution >= 4 is 5.78 Å². The average molecular weight is 283 g/mol. The number of nitrogens with zero attached hydrogens (tertiary/aromatic N) is 1. The number of benzene rings is 1. The normalized spacial score (nSPS) is 21.4. The molecule has 20 heavy (non-hydrogen) atoms. The second-order valence-corrected chi connectivity index (χ2v) is 5.23. The van der Waals surface area contributed by atoms with E-state index in [0.717, 1.165) is 18.6 Å². The standard InChI is InChI=1S/C15H16F3NO/c1-19(2)8-9-4-3-5-11(15(9)20)10-6-12(16)14(18)13(17)7-10/h6-8,11H,3-5H2,1-2H3/b9-8-. The second kappa shape index (κ2) is 5.69. The average Bonchev–Trinajstić information content (AvgIpc) is 2.37.